The Bertz CT molecular complexity index is 1440. The lowest BCUT2D eigenvalue weighted by Crippen LogP contribution is -2.27. The van der Waals surface area contributed by atoms with Gasteiger partial charge in [0.25, 0.3) is 5.91 Å². The van der Waals surface area contributed by atoms with E-state index in [1.54, 1.807) is 32.0 Å². The number of nitrogens with zero attached hydrogens (tertiary/aromatic N) is 3. The monoisotopic (exact) mass is 577 g/mol. The van der Waals surface area contributed by atoms with E-state index in [0.29, 0.717) is 21.3 Å². The number of nitrogens with one attached hydrogen (secondary N) is 2. The molecule has 0 atom stereocenters. The Labute approximate surface area is 233 Å². The van der Waals surface area contributed by atoms with Crippen LogP contribution in [0, 0.1) is 6.92 Å². The molecule has 2 amide bonds. The maximum absolute atomic E-state index is 13.8. The summed E-state index contributed by atoms with van der Waals surface area (Å²) in [6, 6.07) is 6.98. The second-order valence-corrected chi connectivity index (χ2v) is 10.1. The molecule has 0 fully saturated rings. The molecule has 0 unspecified atom stereocenters. The molecular weight excluding hydrogens is 547 g/mol. The molecule has 214 valence electrons. The number of thiazole rings is 1. The second-order valence-electron chi connectivity index (χ2n) is 9.11. The quantitative estimate of drug-likeness (QED) is 0.217. The number of carbonyl (C=O) groups is 2. The first-order valence-corrected chi connectivity index (χ1v) is 12.6. The van der Waals surface area contributed by atoms with E-state index in [9.17, 15) is 22.8 Å². The molecule has 40 heavy (non-hydrogen) atoms. The number of aromatic nitrogens is 1. The van der Waals surface area contributed by atoms with Gasteiger partial charge >= 0.3 is 6.18 Å². The molecule has 1 aromatic heterocycles. The summed E-state index contributed by atoms with van der Waals surface area (Å²) in [6.45, 7) is 3.29. The summed E-state index contributed by atoms with van der Waals surface area (Å²) in [5.74, 6) is 5.02. The minimum absolute atomic E-state index is 0.0361. The van der Waals surface area contributed by atoms with E-state index in [4.69, 9.17) is 16.3 Å². The molecule has 0 aliphatic heterocycles. The molecule has 0 radical (unpaired) electrons. The van der Waals surface area contributed by atoms with Crippen LogP contribution in [0.4, 0.5) is 29.7 Å². The maximum atomic E-state index is 13.8. The number of methoxy groups -OCH3 is 1. The van der Waals surface area contributed by atoms with E-state index >= 15 is 0 Å². The zero-order valence-corrected chi connectivity index (χ0v) is 23.3. The fourth-order valence-corrected chi connectivity index (χ4v) is 4.59. The number of ether oxygens (including phenoxy) is 1. The van der Waals surface area contributed by atoms with Crippen molar-refractivity contribution in [2.24, 2.45) is 11.6 Å². The first-order valence-electron chi connectivity index (χ1n) is 11.8. The lowest BCUT2D eigenvalue weighted by atomic mass is 10.0. The van der Waals surface area contributed by atoms with Gasteiger partial charge in [0.2, 0.25) is 5.91 Å². The molecule has 3 aromatic rings. The van der Waals surface area contributed by atoms with Gasteiger partial charge in [0.05, 0.1) is 28.9 Å². The van der Waals surface area contributed by atoms with Gasteiger partial charge in [-0.3, -0.25) is 14.6 Å². The Balaban J connectivity index is 1.90. The van der Waals surface area contributed by atoms with Crippen molar-refractivity contribution in [1.29, 1.82) is 0 Å². The van der Waals surface area contributed by atoms with Crippen molar-refractivity contribution < 1.29 is 27.5 Å². The van der Waals surface area contributed by atoms with Crippen molar-refractivity contribution in [3.63, 3.8) is 0 Å². The Morgan fingerprint density at radius 2 is 1.88 bits per heavy atom. The molecule has 0 aliphatic rings. The van der Waals surface area contributed by atoms with Crippen LogP contribution in [0.15, 0.2) is 42.7 Å². The van der Waals surface area contributed by atoms with Gasteiger partial charge in [-0.2, -0.15) is 13.2 Å². The van der Waals surface area contributed by atoms with Crippen LogP contribution in [-0.2, 0) is 17.5 Å². The van der Waals surface area contributed by atoms with Crippen LogP contribution >= 0.6 is 11.3 Å². The molecule has 0 bridgehead atoms. The van der Waals surface area contributed by atoms with Crippen LogP contribution in [-0.4, -0.2) is 42.9 Å². The van der Waals surface area contributed by atoms with Gasteiger partial charge in [0, 0.05) is 42.7 Å². The average Bonchev–Trinajstić information content (AvgIpc) is 3.31. The number of anilines is 3. The fraction of sp³-hybridized carbons (Fsp3) is 0.269. The number of hydrazine groups is 1. The third-order valence-corrected chi connectivity index (χ3v) is 6.48. The van der Waals surface area contributed by atoms with Crippen molar-refractivity contribution >= 4 is 45.4 Å². The third kappa shape index (κ3) is 7.49. The summed E-state index contributed by atoms with van der Waals surface area (Å²) in [4.78, 5) is 30.7. The summed E-state index contributed by atoms with van der Waals surface area (Å²) in [6.07, 6.45) is -1.78. The fourth-order valence-electron chi connectivity index (χ4n) is 3.80. The number of benzene rings is 2. The molecule has 14 heteroatoms. The van der Waals surface area contributed by atoms with E-state index in [1.807, 2.05) is 0 Å². The Morgan fingerprint density at radius 3 is 2.48 bits per heavy atom. The zero-order chi connectivity index (χ0) is 29.8. The highest BCUT2D eigenvalue weighted by Gasteiger charge is 2.36. The summed E-state index contributed by atoms with van der Waals surface area (Å²) in [7, 11) is 4.59. The summed E-state index contributed by atoms with van der Waals surface area (Å²) in [5.41, 5.74) is 6.96. The number of halogens is 3. The van der Waals surface area contributed by atoms with Gasteiger partial charge < -0.3 is 26.0 Å². The van der Waals surface area contributed by atoms with Gasteiger partial charge in [0.1, 0.15) is 5.75 Å². The molecule has 1 heterocycles. The zero-order valence-electron chi connectivity index (χ0n) is 22.5. The molecule has 0 saturated carbocycles. The van der Waals surface area contributed by atoms with E-state index in [2.05, 4.69) is 15.6 Å². The van der Waals surface area contributed by atoms with Gasteiger partial charge in [0.15, 0.2) is 5.13 Å². The Kier molecular flexibility index (Phi) is 9.40. The number of aryl methyl sites for hydroxylation is 1. The van der Waals surface area contributed by atoms with E-state index in [-0.39, 0.29) is 40.7 Å². The van der Waals surface area contributed by atoms with Crippen molar-refractivity contribution in [1.82, 2.24) is 9.88 Å². The lowest BCUT2D eigenvalue weighted by molar-refractivity contribution is -0.138. The van der Waals surface area contributed by atoms with Crippen LogP contribution in [0.2, 0.25) is 0 Å². The molecule has 10 nitrogen and oxygen atoms in total. The van der Waals surface area contributed by atoms with E-state index in [0.717, 1.165) is 17.4 Å². The van der Waals surface area contributed by atoms with Crippen LogP contribution in [0.3, 0.4) is 0 Å². The van der Waals surface area contributed by atoms with Gasteiger partial charge in [-0.05, 0) is 50.8 Å². The van der Waals surface area contributed by atoms with Gasteiger partial charge in [-0.1, -0.05) is 17.4 Å². The average molecular weight is 578 g/mol. The van der Waals surface area contributed by atoms with Crippen molar-refractivity contribution in [2.75, 3.05) is 36.8 Å². The third-order valence-electron chi connectivity index (χ3n) is 5.52. The number of hydrogen-bond donors (Lipinski definition) is 4. The largest absolute Gasteiger partial charge is 0.496 e. The Morgan fingerprint density at radius 1 is 1.18 bits per heavy atom. The summed E-state index contributed by atoms with van der Waals surface area (Å²) in [5, 5.41) is 6.72. The van der Waals surface area contributed by atoms with Gasteiger partial charge in [-0.15, -0.1) is 0 Å². The second kappa shape index (κ2) is 12.4. The van der Waals surface area contributed by atoms with Crippen LogP contribution in [0.5, 0.6) is 5.75 Å². The molecule has 2 aromatic carbocycles. The first kappa shape index (κ1) is 30.4. The van der Waals surface area contributed by atoms with Crippen molar-refractivity contribution in [3.8, 4) is 5.75 Å². The van der Waals surface area contributed by atoms with Gasteiger partial charge in [-0.25, -0.2) is 10.8 Å². The highest BCUT2D eigenvalue weighted by Crippen LogP contribution is 2.40. The summed E-state index contributed by atoms with van der Waals surface area (Å²) >= 11 is 1.16. The number of amides is 2. The highest BCUT2D eigenvalue weighted by molar-refractivity contribution is 7.16. The molecular formula is C26H30F3N7O3S. The SMILES string of the molecule is COc1c(CN(C)C)cc(NC(=O)c2ccc(C)c(N(N)/C=C(\N)c3cnc(NC(C)=O)s3)c2)cc1C(F)(F)F. The first-order chi connectivity index (χ1) is 18.7. The predicted octanol–water partition coefficient (Wildman–Crippen LogP) is 4.39. The van der Waals surface area contributed by atoms with Crippen LogP contribution < -0.4 is 32.0 Å². The van der Waals surface area contributed by atoms with Crippen molar-refractivity contribution in [2.45, 2.75) is 26.6 Å². The van der Waals surface area contributed by atoms with E-state index < -0.39 is 17.6 Å². The molecule has 6 N–H and O–H groups in total. The predicted molar refractivity (Wildman–Crippen MR) is 150 cm³/mol. The minimum Gasteiger partial charge on any atom is -0.496 e. The number of alkyl halides is 3. The number of hydrogen-bond acceptors (Lipinski definition) is 9. The molecule has 0 saturated heterocycles. The Hall–Kier alpha value is -4.14. The molecule has 3 rings (SSSR count). The molecule has 0 aliphatic carbocycles. The number of rotatable bonds is 9. The van der Waals surface area contributed by atoms with E-state index in [1.165, 1.54) is 49.6 Å². The smallest absolute Gasteiger partial charge is 0.420 e. The number of nitrogens with two attached hydrogens (primary N) is 2. The molecule has 0 spiro atoms. The topological polar surface area (TPSA) is 139 Å². The standard InChI is InChI=1S/C26H30F3N7O3S/c1-14-6-7-16(9-21(14)36(31)13-20(30)22-11-32-25(40-22)33-15(2)37)24(38)34-18-8-17(12-35(3)4)23(39-5)19(10-18)26(27,28)29/h6-11,13H,12,30-31H2,1-5H3,(H,34,38)(H,32,33,37)/b20-13-. The highest BCUT2D eigenvalue weighted by atomic mass is 32.1. The summed E-state index contributed by atoms with van der Waals surface area (Å²) < 4.78 is 46.5. The lowest BCUT2D eigenvalue weighted by Gasteiger charge is -2.21. The van der Waals surface area contributed by atoms with Crippen LogP contribution in [0.1, 0.15) is 38.8 Å². The van der Waals surface area contributed by atoms with Crippen molar-refractivity contribution in [3.05, 3.63) is 69.9 Å². The number of carbonyl (C=O) groups excluding carboxylic acids is 2. The minimum atomic E-state index is -4.70. The van der Waals surface area contributed by atoms with Crippen LogP contribution in [0.25, 0.3) is 5.70 Å². The normalized spacial score (nSPS) is 11.9. The maximum Gasteiger partial charge on any atom is 0.420 e.